The molecule has 1 heterocycles. The number of hydrogen-bond donors (Lipinski definition) is 1. The Labute approximate surface area is 193 Å². The predicted octanol–water partition coefficient (Wildman–Crippen LogP) is 2.67. The van der Waals surface area contributed by atoms with E-state index in [2.05, 4.69) is 0 Å². The molecule has 1 N–H and O–H groups in total. The number of benzene rings is 1. The van der Waals surface area contributed by atoms with E-state index in [0.29, 0.717) is 26.2 Å². The van der Waals surface area contributed by atoms with Crippen LogP contribution in [0.1, 0.15) is 36.7 Å². The maximum atomic E-state index is 13.1. The van der Waals surface area contributed by atoms with Gasteiger partial charge in [0.2, 0.25) is 0 Å². The molecule has 0 bridgehead atoms. The zero-order valence-electron chi connectivity index (χ0n) is 19.7. The Balaban J connectivity index is 2.02. The summed E-state index contributed by atoms with van der Waals surface area (Å²) >= 11 is 0. The molecule has 2 atom stereocenters. The molecule has 0 aliphatic carbocycles. The van der Waals surface area contributed by atoms with Gasteiger partial charge >= 0.3 is 6.18 Å². The molecule has 2 unspecified atom stereocenters. The van der Waals surface area contributed by atoms with Gasteiger partial charge in [0.05, 0.1) is 43.2 Å². The maximum Gasteiger partial charge on any atom is 0.416 e. The van der Waals surface area contributed by atoms with Crippen molar-refractivity contribution in [1.82, 2.24) is 9.80 Å². The molecule has 0 spiro atoms. The highest BCUT2D eigenvalue weighted by Gasteiger charge is 2.32. The van der Waals surface area contributed by atoms with Gasteiger partial charge in [0.25, 0.3) is 5.91 Å². The van der Waals surface area contributed by atoms with Crippen LogP contribution in [-0.2, 0) is 20.4 Å². The van der Waals surface area contributed by atoms with Crippen LogP contribution in [0.5, 0.6) is 0 Å². The Morgan fingerprint density at radius 1 is 1.33 bits per heavy atom. The molecule has 1 aliphatic rings. The van der Waals surface area contributed by atoms with Gasteiger partial charge < -0.3 is 24.2 Å². The third-order valence-electron chi connectivity index (χ3n) is 5.11. The second kappa shape index (κ2) is 12.1. The molecule has 1 fully saturated rings. The first kappa shape index (κ1) is 27.5. The number of methoxy groups -OCH3 is 1. The number of carbonyl (C=O) groups excluding carboxylic acids is 1. The van der Waals surface area contributed by atoms with Crippen molar-refractivity contribution in [1.29, 1.82) is 0 Å². The highest BCUT2D eigenvalue weighted by molar-refractivity contribution is 5.94. The third kappa shape index (κ3) is 9.58. The Morgan fingerprint density at radius 3 is 2.70 bits per heavy atom. The minimum absolute atomic E-state index is 0.0386. The van der Waals surface area contributed by atoms with E-state index >= 15 is 0 Å². The highest BCUT2D eigenvalue weighted by atomic mass is 19.4. The number of morpholine rings is 1. The van der Waals surface area contributed by atoms with E-state index in [1.165, 1.54) is 24.1 Å². The topological polar surface area (TPSA) is 71.5 Å². The summed E-state index contributed by atoms with van der Waals surface area (Å²) in [6, 6.07) is 4.40. The zero-order chi connectivity index (χ0) is 24.6. The van der Waals surface area contributed by atoms with Crippen LogP contribution in [0.25, 0.3) is 0 Å². The third-order valence-corrected chi connectivity index (χ3v) is 5.11. The Kier molecular flexibility index (Phi) is 10.1. The molecule has 2 rings (SSSR count). The lowest BCUT2D eigenvalue weighted by atomic mass is 10.1. The van der Waals surface area contributed by atoms with Gasteiger partial charge in [0.15, 0.2) is 0 Å². The fourth-order valence-corrected chi connectivity index (χ4v) is 3.49. The van der Waals surface area contributed by atoms with Gasteiger partial charge in [-0.25, -0.2) is 0 Å². The summed E-state index contributed by atoms with van der Waals surface area (Å²) in [6.07, 6.45) is -5.54. The molecule has 0 radical (unpaired) electrons. The summed E-state index contributed by atoms with van der Waals surface area (Å²) in [4.78, 5) is 16.5. The van der Waals surface area contributed by atoms with Crippen LogP contribution in [0.3, 0.4) is 0 Å². The Morgan fingerprint density at radius 2 is 2.06 bits per heavy atom. The number of aliphatic hydroxyl groups excluding tert-OH is 1. The molecule has 1 aromatic rings. The number of hydrogen-bond acceptors (Lipinski definition) is 6. The van der Waals surface area contributed by atoms with Gasteiger partial charge in [-0.2, -0.15) is 13.2 Å². The van der Waals surface area contributed by atoms with E-state index in [9.17, 15) is 23.1 Å². The number of β-amino-alcohol motifs (C(OH)–C–C–N with tert-alkyl or cyclic N) is 1. The molecule has 1 aliphatic heterocycles. The van der Waals surface area contributed by atoms with E-state index in [-0.39, 0.29) is 43.6 Å². The highest BCUT2D eigenvalue weighted by Crippen LogP contribution is 2.29. The maximum absolute atomic E-state index is 13.1. The lowest BCUT2D eigenvalue weighted by molar-refractivity contribution is -0.137. The second-order valence-corrected chi connectivity index (χ2v) is 9.15. The first-order chi connectivity index (χ1) is 15.4. The number of rotatable bonds is 10. The smallest absolute Gasteiger partial charge is 0.389 e. The number of amides is 1. The minimum atomic E-state index is -4.53. The summed E-state index contributed by atoms with van der Waals surface area (Å²) in [5.74, 6) is -0.516. The number of aliphatic hydroxyl groups is 1. The molecule has 0 saturated carbocycles. The van der Waals surface area contributed by atoms with Crippen LogP contribution in [0.2, 0.25) is 0 Å². The van der Waals surface area contributed by atoms with E-state index < -0.39 is 23.8 Å². The normalized spacial score (nSPS) is 18.8. The molecular formula is C23H35F3N2O5. The number of ether oxygens (including phenoxy) is 3. The van der Waals surface area contributed by atoms with Crippen LogP contribution in [0, 0.1) is 0 Å². The largest absolute Gasteiger partial charge is 0.416 e. The van der Waals surface area contributed by atoms with Crippen molar-refractivity contribution in [2.75, 3.05) is 59.7 Å². The monoisotopic (exact) mass is 476 g/mol. The quantitative estimate of drug-likeness (QED) is 0.560. The lowest BCUT2D eigenvalue weighted by Crippen LogP contribution is -2.51. The van der Waals surface area contributed by atoms with Gasteiger partial charge in [-0.3, -0.25) is 9.69 Å². The molecular weight excluding hydrogens is 441 g/mol. The van der Waals surface area contributed by atoms with Gasteiger partial charge in [-0.15, -0.1) is 0 Å². The SMILES string of the molecule is COCCN(CC1CN(CC(O)COC(C)(C)C)CCO1)C(=O)c1cccc(C(F)(F)F)c1. The number of nitrogens with zero attached hydrogens (tertiary/aromatic N) is 2. The van der Waals surface area contributed by atoms with Crippen molar-refractivity contribution in [2.45, 2.75) is 44.8 Å². The standard InChI is InChI=1S/C23H35F3N2O5/c1-22(2,3)33-16-19(29)13-27-8-11-32-20(14-27)15-28(9-10-31-4)21(30)17-6-5-7-18(12-17)23(24,25)26/h5-7,12,19-20,29H,8-11,13-16H2,1-4H3. The fourth-order valence-electron chi connectivity index (χ4n) is 3.49. The molecule has 0 aromatic heterocycles. The van der Waals surface area contributed by atoms with E-state index in [1.54, 1.807) is 0 Å². The van der Waals surface area contributed by atoms with Gasteiger partial charge in [-0.1, -0.05) is 6.07 Å². The van der Waals surface area contributed by atoms with Gasteiger partial charge in [0, 0.05) is 45.4 Å². The number of alkyl halides is 3. The van der Waals surface area contributed by atoms with Crippen LogP contribution in [0.4, 0.5) is 13.2 Å². The summed E-state index contributed by atoms with van der Waals surface area (Å²) in [5.41, 5.74) is -1.25. The molecule has 188 valence electrons. The zero-order valence-corrected chi connectivity index (χ0v) is 19.7. The average Bonchev–Trinajstić information content (AvgIpc) is 2.74. The van der Waals surface area contributed by atoms with Crippen molar-refractivity contribution in [3.8, 4) is 0 Å². The molecule has 1 saturated heterocycles. The van der Waals surface area contributed by atoms with Crippen LogP contribution in [-0.4, -0.2) is 98.3 Å². The average molecular weight is 477 g/mol. The predicted molar refractivity (Wildman–Crippen MR) is 117 cm³/mol. The number of carbonyl (C=O) groups is 1. The van der Waals surface area contributed by atoms with Crippen molar-refractivity contribution in [3.63, 3.8) is 0 Å². The number of halogens is 3. The summed E-state index contributed by atoms with van der Waals surface area (Å²) in [6.45, 7) is 8.54. The fraction of sp³-hybridized carbons (Fsp3) is 0.696. The Hall–Kier alpha value is -1.72. The van der Waals surface area contributed by atoms with Crippen LogP contribution in [0.15, 0.2) is 24.3 Å². The van der Waals surface area contributed by atoms with Gasteiger partial charge in [-0.05, 0) is 39.0 Å². The van der Waals surface area contributed by atoms with Crippen molar-refractivity contribution in [2.24, 2.45) is 0 Å². The van der Waals surface area contributed by atoms with Crippen molar-refractivity contribution < 1.29 is 37.3 Å². The minimum Gasteiger partial charge on any atom is -0.389 e. The van der Waals surface area contributed by atoms with Crippen molar-refractivity contribution >= 4 is 5.91 Å². The molecule has 1 aromatic carbocycles. The first-order valence-corrected chi connectivity index (χ1v) is 11.0. The second-order valence-electron chi connectivity index (χ2n) is 9.15. The molecule has 33 heavy (non-hydrogen) atoms. The first-order valence-electron chi connectivity index (χ1n) is 11.0. The van der Waals surface area contributed by atoms with Crippen LogP contribution >= 0.6 is 0 Å². The molecule has 7 nitrogen and oxygen atoms in total. The van der Waals surface area contributed by atoms with E-state index in [0.717, 1.165) is 12.1 Å². The van der Waals surface area contributed by atoms with E-state index in [4.69, 9.17) is 14.2 Å². The molecule has 10 heteroatoms. The molecule has 1 amide bonds. The van der Waals surface area contributed by atoms with E-state index in [1.807, 2.05) is 25.7 Å². The Bertz CT molecular complexity index is 754. The lowest BCUT2D eigenvalue weighted by Gasteiger charge is -2.36. The van der Waals surface area contributed by atoms with Crippen LogP contribution < -0.4 is 0 Å². The van der Waals surface area contributed by atoms with Gasteiger partial charge in [0.1, 0.15) is 0 Å². The summed E-state index contributed by atoms with van der Waals surface area (Å²) in [7, 11) is 1.49. The summed E-state index contributed by atoms with van der Waals surface area (Å²) in [5, 5.41) is 10.3. The summed E-state index contributed by atoms with van der Waals surface area (Å²) < 4.78 is 55.7. The van der Waals surface area contributed by atoms with Crippen molar-refractivity contribution in [3.05, 3.63) is 35.4 Å².